The van der Waals surface area contributed by atoms with Gasteiger partial charge < -0.3 is 0 Å². The van der Waals surface area contributed by atoms with Crippen LogP contribution in [0, 0.1) is 0 Å². The van der Waals surface area contributed by atoms with Gasteiger partial charge in [0.25, 0.3) is 0 Å². The van der Waals surface area contributed by atoms with E-state index in [1.54, 1.807) is 11.3 Å². The highest BCUT2D eigenvalue weighted by molar-refractivity contribution is 7.27. The van der Waals surface area contributed by atoms with E-state index in [0.29, 0.717) is 0 Å². The normalized spacial score (nSPS) is 11.0. The first-order chi connectivity index (χ1) is 16.3. The fraction of sp³-hybridized carbons (Fsp3) is 0. The minimum absolute atomic E-state index is 1.24. The molecule has 0 aliphatic carbocycles. The molecule has 0 fully saturated rings. The van der Waals surface area contributed by atoms with Gasteiger partial charge in [-0.2, -0.15) is 0 Å². The Balaban J connectivity index is 1.21. The van der Waals surface area contributed by atoms with Crippen LogP contribution in [0.2, 0.25) is 0 Å². The Labute approximate surface area is 206 Å². The summed E-state index contributed by atoms with van der Waals surface area (Å²) >= 11 is 5.54. The van der Waals surface area contributed by atoms with Crippen LogP contribution in [0.3, 0.4) is 0 Å². The summed E-state index contributed by atoms with van der Waals surface area (Å²) in [5.41, 5.74) is 6.26. The Morgan fingerprint density at radius 2 is 0.758 bits per heavy atom. The molecule has 3 aromatic carbocycles. The largest absolute Gasteiger partial charge is 0.143 e. The molecule has 158 valence electrons. The molecule has 6 aromatic rings. The zero-order valence-electron chi connectivity index (χ0n) is 17.8. The average Bonchev–Trinajstić information content (AvgIpc) is 3.66. The Hall–Kier alpha value is -3.24. The van der Waals surface area contributed by atoms with E-state index in [9.17, 15) is 0 Å². The van der Waals surface area contributed by atoms with Gasteiger partial charge in [-0.3, -0.25) is 0 Å². The number of hydrogen-bond acceptors (Lipinski definition) is 3. The first-order valence-electron chi connectivity index (χ1n) is 10.8. The van der Waals surface area contributed by atoms with Crippen molar-refractivity contribution in [2.24, 2.45) is 0 Å². The Bertz CT molecular complexity index is 1470. The fourth-order valence-corrected chi connectivity index (χ4v) is 6.90. The topological polar surface area (TPSA) is 0 Å². The summed E-state index contributed by atoms with van der Waals surface area (Å²) in [6.45, 7) is 0. The van der Waals surface area contributed by atoms with Gasteiger partial charge in [0.15, 0.2) is 0 Å². The van der Waals surface area contributed by atoms with Crippen LogP contribution in [0.25, 0.3) is 52.2 Å². The Kier molecular flexibility index (Phi) is 5.53. The van der Waals surface area contributed by atoms with Gasteiger partial charge in [-0.15, -0.1) is 34.0 Å². The monoisotopic (exact) mass is 476 g/mol. The van der Waals surface area contributed by atoms with Crippen LogP contribution in [-0.2, 0) is 0 Å². The summed E-state index contributed by atoms with van der Waals surface area (Å²) in [5.74, 6) is 0. The van der Waals surface area contributed by atoms with Crippen LogP contribution in [-0.4, -0.2) is 0 Å². The third-order valence-corrected chi connectivity index (χ3v) is 9.19. The molecule has 3 aromatic heterocycles. The van der Waals surface area contributed by atoms with E-state index >= 15 is 0 Å². The lowest BCUT2D eigenvalue weighted by atomic mass is 9.99. The van der Waals surface area contributed by atoms with Gasteiger partial charge in [-0.1, -0.05) is 84.9 Å². The molecule has 0 radical (unpaired) electrons. The Morgan fingerprint density at radius 1 is 0.303 bits per heavy atom. The third kappa shape index (κ3) is 4.23. The lowest BCUT2D eigenvalue weighted by Crippen LogP contribution is -1.81. The second kappa shape index (κ2) is 8.95. The molecule has 0 saturated heterocycles. The molecule has 0 spiro atoms. The molecule has 0 saturated carbocycles. The van der Waals surface area contributed by atoms with Crippen molar-refractivity contribution in [2.75, 3.05) is 0 Å². The van der Waals surface area contributed by atoms with Crippen molar-refractivity contribution in [3.8, 4) is 52.2 Å². The molecular formula is C30H20S3. The van der Waals surface area contributed by atoms with E-state index in [4.69, 9.17) is 0 Å². The van der Waals surface area contributed by atoms with Gasteiger partial charge >= 0.3 is 0 Å². The van der Waals surface area contributed by atoms with Gasteiger partial charge in [0.2, 0.25) is 0 Å². The number of rotatable bonds is 5. The number of hydrogen-bond donors (Lipinski definition) is 0. The lowest BCUT2D eigenvalue weighted by molar-refractivity contribution is 1.59. The fourth-order valence-electron chi connectivity index (χ4n) is 3.96. The van der Waals surface area contributed by atoms with E-state index in [-0.39, 0.29) is 0 Å². The van der Waals surface area contributed by atoms with Gasteiger partial charge in [-0.25, -0.2) is 0 Å². The van der Waals surface area contributed by atoms with Crippen molar-refractivity contribution in [2.45, 2.75) is 0 Å². The smallest absolute Gasteiger partial charge is 0.0449 e. The summed E-state index contributed by atoms with van der Waals surface area (Å²) in [6.07, 6.45) is 0. The van der Waals surface area contributed by atoms with E-state index in [1.165, 1.54) is 52.2 Å². The second-order valence-corrected chi connectivity index (χ2v) is 10.9. The van der Waals surface area contributed by atoms with Crippen molar-refractivity contribution < 1.29 is 0 Å². The van der Waals surface area contributed by atoms with Crippen LogP contribution in [0.4, 0.5) is 0 Å². The van der Waals surface area contributed by atoms with Gasteiger partial charge in [0.1, 0.15) is 0 Å². The van der Waals surface area contributed by atoms with Crippen molar-refractivity contribution in [3.63, 3.8) is 0 Å². The van der Waals surface area contributed by atoms with Crippen LogP contribution in [0.5, 0.6) is 0 Å². The maximum absolute atomic E-state index is 2.25. The maximum atomic E-state index is 2.25. The second-order valence-electron chi connectivity index (χ2n) is 7.83. The van der Waals surface area contributed by atoms with Crippen LogP contribution < -0.4 is 0 Å². The average molecular weight is 477 g/mol. The third-order valence-electron chi connectivity index (χ3n) is 5.71. The molecule has 0 N–H and O–H groups in total. The predicted molar refractivity (Wildman–Crippen MR) is 147 cm³/mol. The minimum Gasteiger partial charge on any atom is -0.143 e. The summed E-state index contributed by atoms with van der Waals surface area (Å²) in [6, 6.07) is 41.6. The number of benzene rings is 3. The van der Waals surface area contributed by atoms with Crippen molar-refractivity contribution in [1.29, 1.82) is 0 Å². The first-order valence-corrected chi connectivity index (χ1v) is 13.3. The van der Waals surface area contributed by atoms with Gasteiger partial charge in [-0.05, 0) is 63.5 Å². The molecule has 0 unspecified atom stereocenters. The van der Waals surface area contributed by atoms with Crippen LogP contribution >= 0.6 is 34.0 Å². The molecule has 0 bridgehead atoms. The van der Waals surface area contributed by atoms with Gasteiger partial charge in [0, 0.05) is 24.4 Å². The molecule has 0 atom stereocenters. The van der Waals surface area contributed by atoms with E-state index in [1.807, 2.05) is 22.7 Å². The predicted octanol–water partition coefficient (Wildman–Crippen LogP) is 10.2. The molecule has 0 aliphatic heterocycles. The summed E-state index contributed by atoms with van der Waals surface area (Å²) < 4.78 is 0. The van der Waals surface area contributed by atoms with Crippen LogP contribution in [0.15, 0.2) is 121 Å². The molecular weight excluding hydrogens is 457 g/mol. The minimum atomic E-state index is 1.24. The van der Waals surface area contributed by atoms with Crippen molar-refractivity contribution >= 4 is 34.0 Å². The molecule has 0 amide bonds. The Morgan fingerprint density at radius 3 is 1.30 bits per heavy atom. The molecule has 6 rings (SSSR count). The quantitative estimate of drug-likeness (QED) is 0.232. The standard InChI is InChI=1S/C30H20S3/c1-2-5-21(6-3-1)22-8-10-23(11-9-22)24-12-14-25(15-13-24)26-16-17-29(32-26)30-19-18-28(33-30)27-7-4-20-31-27/h1-20H. The van der Waals surface area contributed by atoms with Gasteiger partial charge in [0.05, 0.1) is 0 Å². The SMILES string of the molecule is c1ccc(-c2ccc(-c3ccc(-c4ccc(-c5ccc(-c6cccs6)s5)s4)cc3)cc2)cc1. The summed E-state index contributed by atoms with van der Waals surface area (Å²) in [5, 5.41) is 2.14. The number of thiophene rings is 3. The lowest BCUT2D eigenvalue weighted by Gasteiger charge is -2.06. The molecule has 3 heteroatoms. The first kappa shape index (κ1) is 20.4. The summed E-state index contributed by atoms with van der Waals surface area (Å²) in [4.78, 5) is 6.67. The van der Waals surface area contributed by atoms with E-state index < -0.39 is 0 Å². The van der Waals surface area contributed by atoms with Crippen LogP contribution in [0.1, 0.15) is 0 Å². The molecule has 33 heavy (non-hydrogen) atoms. The maximum Gasteiger partial charge on any atom is 0.0449 e. The molecule has 0 aliphatic rings. The van der Waals surface area contributed by atoms with E-state index in [0.717, 1.165) is 0 Å². The van der Waals surface area contributed by atoms with Crippen molar-refractivity contribution in [1.82, 2.24) is 0 Å². The highest BCUT2D eigenvalue weighted by atomic mass is 32.1. The highest BCUT2D eigenvalue weighted by Gasteiger charge is 2.10. The molecule has 3 heterocycles. The highest BCUT2D eigenvalue weighted by Crippen LogP contribution is 2.41. The van der Waals surface area contributed by atoms with E-state index in [2.05, 4.69) is 121 Å². The zero-order valence-corrected chi connectivity index (χ0v) is 20.2. The summed E-state index contributed by atoms with van der Waals surface area (Å²) in [7, 11) is 0. The van der Waals surface area contributed by atoms with Crippen molar-refractivity contribution in [3.05, 3.63) is 121 Å². The zero-order chi connectivity index (χ0) is 22.0. The molecule has 0 nitrogen and oxygen atoms in total.